The number of hydrogen-bond acceptors (Lipinski definition) is 2. The lowest BCUT2D eigenvalue weighted by atomic mass is 9.97. The topological polar surface area (TPSA) is 35.6 Å². The molecule has 0 aliphatic heterocycles. The SMILES string of the molecule is [C-]#[N+]c1ccc(-c2ccc3oc4ccccc4c3c2)c2c1oc1c(-n3c4ccccc4c4ccc(-c5ccccc5)cc43)cccc12. The van der Waals surface area contributed by atoms with Gasteiger partial charge in [0.1, 0.15) is 16.7 Å². The van der Waals surface area contributed by atoms with Gasteiger partial charge < -0.3 is 13.4 Å². The number of hydrogen-bond donors (Lipinski definition) is 0. The van der Waals surface area contributed by atoms with E-state index in [2.05, 4.69) is 113 Å². The fourth-order valence-electron chi connectivity index (χ4n) is 7.31. The van der Waals surface area contributed by atoms with Crippen LogP contribution in [0.15, 0.2) is 154 Å². The molecule has 0 N–H and O–H groups in total. The molecule has 7 aromatic carbocycles. The lowest BCUT2D eigenvalue weighted by Gasteiger charge is -2.10. The van der Waals surface area contributed by atoms with Gasteiger partial charge in [-0.3, -0.25) is 0 Å². The van der Waals surface area contributed by atoms with Crippen LogP contribution in [0.4, 0.5) is 5.69 Å². The van der Waals surface area contributed by atoms with Gasteiger partial charge in [-0.25, -0.2) is 4.85 Å². The third-order valence-corrected chi connectivity index (χ3v) is 9.43. The fraction of sp³-hybridized carbons (Fsp3) is 0. The van der Waals surface area contributed by atoms with Crippen LogP contribution >= 0.6 is 0 Å². The van der Waals surface area contributed by atoms with Crippen LogP contribution in [-0.2, 0) is 0 Å². The van der Waals surface area contributed by atoms with Crippen molar-refractivity contribution < 1.29 is 8.83 Å². The highest BCUT2D eigenvalue weighted by Gasteiger charge is 2.22. The summed E-state index contributed by atoms with van der Waals surface area (Å²) in [6.45, 7) is 8.01. The standard InChI is InChI=1S/C43H24N2O2/c1-44-35-22-21-29(28-19-23-40-34(24-28)32-13-6-8-17-39(32)46-40)41-33-14-9-16-37(42(33)47-43(35)41)45-36-15-7-5-12-30(36)31-20-18-27(25-38(31)45)26-10-3-2-4-11-26/h2-25H. The average Bonchev–Trinajstić information content (AvgIpc) is 3.81. The van der Waals surface area contributed by atoms with Crippen molar-refractivity contribution in [2.75, 3.05) is 0 Å². The highest BCUT2D eigenvalue weighted by atomic mass is 16.3. The van der Waals surface area contributed by atoms with Crippen molar-refractivity contribution in [2.24, 2.45) is 0 Å². The Morgan fingerprint density at radius 3 is 2.11 bits per heavy atom. The molecule has 4 heteroatoms. The highest BCUT2D eigenvalue weighted by molar-refractivity contribution is 6.19. The second-order valence-corrected chi connectivity index (χ2v) is 12.0. The van der Waals surface area contributed by atoms with E-state index in [-0.39, 0.29) is 0 Å². The summed E-state index contributed by atoms with van der Waals surface area (Å²) in [7, 11) is 0. The van der Waals surface area contributed by atoms with Gasteiger partial charge in [0, 0.05) is 32.3 Å². The minimum Gasteiger partial charge on any atom is -0.465 e. The first-order valence-corrected chi connectivity index (χ1v) is 15.6. The van der Waals surface area contributed by atoms with Crippen LogP contribution in [0.1, 0.15) is 0 Å². The van der Waals surface area contributed by atoms with Crippen molar-refractivity contribution >= 4 is 71.4 Å². The number of benzene rings is 7. The van der Waals surface area contributed by atoms with Crippen molar-refractivity contribution in [3.8, 4) is 27.9 Å². The molecule has 0 amide bonds. The zero-order valence-electron chi connectivity index (χ0n) is 25.1. The summed E-state index contributed by atoms with van der Waals surface area (Å²) in [5, 5.41) is 6.41. The normalized spacial score (nSPS) is 11.8. The lowest BCUT2D eigenvalue weighted by Crippen LogP contribution is -1.94. The van der Waals surface area contributed by atoms with E-state index in [1.165, 1.54) is 16.3 Å². The van der Waals surface area contributed by atoms with Gasteiger partial charge in [-0.15, -0.1) is 0 Å². The average molecular weight is 601 g/mol. The maximum Gasteiger partial charge on any atom is 0.229 e. The van der Waals surface area contributed by atoms with Gasteiger partial charge in [-0.2, -0.15) is 0 Å². The van der Waals surface area contributed by atoms with Gasteiger partial charge >= 0.3 is 0 Å². The molecule has 218 valence electrons. The highest BCUT2D eigenvalue weighted by Crippen LogP contribution is 2.45. The van der Waals surface area contributed by atoms with Crippen molar-refractivity contribution in [1.29, 1.82) is 0 Å². The molecule has 10 rings (SSSR count). The van der Waals surface area contributed by atoms with E-state index in [4.69, 9.17) is 15.4 Å². The van der Waals surface area contributed by atoms with Gasteiger partial charge in [0.05, 0.1) is 23.3 Å². The first kappa shape index (κ1) is 25.7. The molecule has 0 radical (unpaired) electrons. The number of fused-ring (bicyclic) bond motifs is 9. The molecule has 0 spiro atoms. The molecule has 0 saturated heterocycles. The van der Waals surface area contributed by atoms with Gasteiger partial charge in [0.25, 0.3) is 0 Å². The number of rotatable bonds is 3. The second-order valence-electron chi connectivity index (χ2n) is 12.0. The number of para-hydroxylation sites is 3. The maximum absolute atomic E-state index is 8.01. The van der Waals surface area contributed by atoms with Crippen LogP contribution in [0.3, 0.4) is 0 Å². The summed E-state index contributed by atoms with van der Waals surface area (Å²) in [6, 6.07) is 50.4. The third-order valence-electron chi connectivity index (χ3n) is 9.43. The predicted molar refractivity (Wildman–Crippen MR) is 192 cm³/mol. The van der Waals surface area contributed by atoms with E-state index in [9.17, 15) is 0 Å². The van der Waals surface area contributed by atoms with E-state index < -0.39 is 0 Å². The summed E-state index contributed by atoms with van der Waals surface area (Å²) in [4.78, 5) is 3.88. The third kappa shape index (κ3) is 3.69. The summed E-state index contributed by atoms with van der Waals surface area (Å²) < 4.78 is 15.2. The van der Waals surface area contributed by atoms with Crippen LogP contribution in [0.2, 0.25) is 0 Å². The Bertz CT molecular complexity index is 2920. The second kappa shape index (κ2) is 9.71. The summed E-state index contributed by atoms with van der Waals surface area (Å²) >= 11 is 0. The Morgan fingerprint density at radius 2 is 1.21 bits per heavy atom. The number of furan rings is 2. The molecule has 0 unspecified atom stereocenters. The molecule has 10 aromatic rings. The molecule has 0 aliphatic carbocycles. The molecule has 3 aromatic heterocycles. The monoisotopic (exact) mass is 600 g/mol. The Labute approximate surface area is 269 Å². The van der Waals surface area contributed by atoms with Crippen LogP contribution in [0, 0.1) is 6.57 Å². The first-order valence-electron chi connectivity index (χ1n) is 15.6. The van der Waals surface area contributed by atoms with Gasteiger partial charge in [-0.05, 0) is 58.7 Å². The molecule has 0 atom stereocenters. The minimum absolute atomic E-state index is 0.495. The fourth-order valence-corrected chi connectivity index (χ4v) is 7.31. The Balaban J connectivity index is 1.28. The Hall–Kier alpha value is -6.57. The van der Waals surface area contributed by atoms with Crippen molar-refractivity contribution in [3.63, 3.8) is 0 Å². The van der Waals surface area contributed by atoms with Gasteiger partial charge in [0.15, 0.2) is 5.58 Å². The number of nitrogens with zero attached hydrogens (tertiary/aromatic N) is 2. The summed E-state index contributed by atoms with van der Waals surface area (Å²) in [5.74, 6) is 0. The quantitative estimate of drug-likeness (QED) is 0.189. The van der Waals surface area contributed by atoms with Gasteiger partial charge in [-0.1, -0.05) is 109 Å². The molecule has 3 heterocycles. The smallest absolute Gasteiger partial charge is 0.229 e. The molecule has 47 heavy (non-hydrogen) atoms. The van der Waals surface area contributed by atoms with E-state index >= 15 is 0 Å². The lowest BCUT2D eigenvalue weighted by molar-refractivity contribution is 0.668. The van der Waals surface area contributed by atoms with E-state index in [0.717, 1.165) is 71.7 Å². The zero-order chi connectivity index (χ0) is 31.1. The van der Waals surface area contributed by atoms with E-state index in [1.807, 2.05) is 42.5 Å². The molecule has 0 fully saturated rings. The van der Waals surface area contributed by atoms with E-state index in [1.54, 1.807) is 0 Å². The summed E-state index contributed by atoms with van der Waals surface area (Å²) in [5.41, 5.74) is 11.1. The van der Waals surface area contributed by atoms with Crippen LogP contribution in [0.5, 0.6) is 0 Å². The molecule has 4 nitrogen and oxygen atoms in total. The maximum atomic E-state index is 8.01. The zero-order valence-corrected chi connectivity index (χ0v) is 25.1. The van der Waals surface area contributed by atoms with Crippen molar-refractivity contribution in [2.45, 2.75) is 0 Å². The largest absolute Gasteiger partial charge is 0.465 e. The van der Waals surface area contributed by atoms with Gasteiger partial charge in [0.2, 0.25) is 5.69 Å². The molecular formula is C43H24N2O2. The first-order chi connectivity index (χ1) is 23.3. The van der Waals surface area contributed by atoms with E-state index in [0.29, 0.717) is 11.3 Å². The molecule has 0 saturated carbocycles. The van der Waals surface area contributed by atoms with Crippen LogP contribution in [-0.4, -0.2) is 4.57 Å². The summed E-state index contributed by atoms with van der Waals surface area (Å²) in [6.07, 6.45) is 0. The molecule has 0 bridgehead atoms. The Kier molecular flexibility index (Phi) is 5.32. The van der Waals surface area contributed by atoms with Crippen molar-refractivity contribution in [3.05, 3.63) is 157 Å². The van der Waals surface area contributed by atoms with Crippen LogP contribution in [0.25, 0.3) is 98.5 Å². The predicted octanol–water partition coefficient (Wildman–Crippen LogP) is 12.5. The number of aromatic nitrogens is 1. The van der Waals surface area contributed by atoms with Crippen molar-refractivity contribution in [1.82, 2.24) is 4.57 Å². The molecular weight excluding hydrogens is 576 g/mol. The molecule has 0 aliphatic rings. The minimum atomic E-state index is 0.495. The van der Waals surface area contributed by atoms with Crippen LogP contribution < -0.4 is 0 Å². The Morgan fingerprint density at radius 1 is 0.468 bits per heavy atom.